The highest BCUT2D eigenvalue weighted by Crippen LogP contribution is 2.23. The van der Waals surface area contributed by atoms with Gasteiger partial charge in [0.25, 0.3) is 5.91 Å². The number of hydrogen-bond acceptors (Lipinski definition) is 1. The summed E-state index contributed by atoms with van der Waals surface area (Å²) in [5, 5.41) is 3.57. The van der Waals surface area contributed by atoms with Crippen LogP contribution in [0.3, 0.4) is 0 Å². The number of nitrogens with one attached hydrogen (secondary N) is 1. The molecule has 0 aromatic heterocycles. The number of carbonyl (C=O) groups excluding carboxylic acids is 1. The van der Waals surface area contributed by atoms with E-state index >= 15 is 0 Å². The fourth-order valence-corrected chi connectivity index (χ4v) is 2.86. The van der Waals surface area contributed by atoms with E-state index in [4.69, 9.17) is 11.6 Å². The van der Waals surface area contributed by atoms with Crippen LogP contribution >= 0.6 is 34.2 Å². The molecule has 2 nitrogen and oxygen atoms in total. The first kappa shape index (κ1) is 14.3. The van der Waals surface area contributed by atoms with E-state index in [0.29, 0.717) is 10.6 Å². The van der Waals surface area contributed by atoms with Crippen LogP contribution < -0.4 is 5.32 Å². The number of anilines is 1. The molecule has 1 N–H and O–H groups in total. The Labute approximate surface area is 131 Å². The standard InChI is InChI=1S/C15H13ClINO/c1-9-3-5-12(10(2)7-9)15(19)18-14-6-4-11(16)8-13(14)17/h3-8H,1-2H3,(H,18,19). The van der Waals surface area contributed by atoms with E-state index in [9.17, 15) is 4.79 Å². The van der Waals surface area contributed by atoms with Crippen LogP contribution in [0.2, 0.25) is 5.02 Å². The van der Waals surface area contributed by atoms with Gasteiger partial charge in [-0.3, -0.25) is 4.79 Å². The third kappa shape index (κ3) is 3.48. The van der Waals surface area contributed by atoms with Crippen LogP contribution in [-0.4, -0.2) is 5.91 Å². The average Bonchev–Trinajstić information content (AvgIpc) is 2.32. The summed E-state index contributed by atoms with van der Waals surface area (Å²) in [6.07, 6.45) is 0. The number of halogens is 2. The molecule has 0 radical (unpaired) electrons. The lowest BCUT2D eigenvalue weighted by molar-refractivity contribution is 0.102. The first-order valence-corrected chi connectivity index (χ1v) is 7.26. The molecule has 0 saturated heterocycles. The van der Waals surface area contributed by atoms with Crippen molar-refractivity contribution in [2.45, 2.75) is 13.8 Å². The van der Waals surface area contributed by atoms with Crippen molar-refractivity contribution in [1.29, 1.82) is 0 Å². The molecule has 19 heavy (non-hydrogen) atoms. The number of benzene rings is 2. The predicted molar refractivity (Wildman–Crippen MR) is 88.0 cm³/mol. The second-order valence-corrected chi connectivity index (χ2v) is 6.00. The van der Waals surface area contributed by atoms with Crippen LogP contribution in [0.1, 0.15) is 21.5 Å². The Morgan fingerprint density at radius 2 is 1.89 bits per heavy atom. The SMILES string of the molecule is Cc1ccc(C(=O)Nc2ccc(Cl)cc2I)c(C)c1. The van der Waals surface area contributed by atoms with Crippen molar-refractivity contribution < 1.29 is 4.79 Å². The third-order valence-electron chi connectivity index (χ3n) is 2.81. The summed E-state index contributed by atoms with van der Waals surface area (Å²) in [5.74, 6) is -0.0993. The summed E-state index contributed by atoms with van der Waals surface area (Å²) in [5.41, 5.74) is 3.59. The molecule has 2 rings (SSSR count). The van der Waals surface area contributed by atoms with E-state index in [1.165, 1.54) is 0 Å². The lowest BCUT2D eigenvalue weighted by Gasteiger charge is -2.10. The van der Waals surface area contributed by atoms with Gasteiger partial charge in [0.1, 0.15) is 0 Å². The Bertz CT molecular complexity index is 640. The molecule has 0 aliphatic carbocycles. The van der Waals surface area contributed by atoms with Crippen LogP contribution in [0, 0.1) is 17.4 Å². The molecule has 0 unspecified atom stereocenters. The van der Waals surface area contributed by atoms with Crippen molar-refractivity contribution >= 4 is 45.8 Å². The smallest absolute Gasteiger partial charge is 0.255 e. The zero-order chi connectivity index (χ0) is 14.0. The Morgan fingerprint density at radius 1 is 1.16 bits per heavy atom. The number of aryl methyl sites for hydroxylation is 2. The molecule has 98 valence electrons. The Hall–Kier alpha value is -1.07. The summed E-state index contributed by atoms with van der Waals surface area (Å²) in [4.78, 5) is 12.2. The summed E-state index contributed by atoms with van der Waals surface area (Å²) in [6, 6.07) is 11.2. The van der Waals surface area contributed by atoms with Crippen LogP contribution in [0.25, 0.3) is 0 Å². The molecule has 0 saturated carbocycles. The van der Waals surface area contributed by atoms with Crippen molar-refractivity contribution in [1.82, 2.24) is 0 Å². The number of carbonyl (C=O) groups is 1. The van der Waals surface area contributed by atoms with E-state index in [1.54, 1.807) is 6.07 Å². The van der Waals surface area contributed by atoms with E-state index in [0.717, 1.165) is 20.4 Å². The van der Waals surface area contributed by atoms with Crippen molar-refractivity contribution in [2.75, 3.05) is 5.32 Å². The van der Waals surface area contributed by atoms with E-state index in [2.05, 4.69) is 27.9 Å². The van der Waals surface area contributed by atoms with Crippen LogP contribution in [0.15, 0.2) is 36.4 Å². The summed E-state index contributed by atoms with van der Waals surface area (Å²) in [7, 11) is 0. The highest BCUT2D eigenvalue weighted by molar-refractivity contribution is 14.1. The molecule has 0 aliphatic rings. The summed E-state index contributed by atoms with van der Waals surface area (Å²) in [6.45, 7) is 3.95. The highest BCUT2D eigenvalue weighted by atomic mass is 127. The summed E-state index contributed by atoms with van der Waals surface area (Å²) >= 11 is 8.05. The molecule has 1 amide bonds. The van der Waals surface area contributed by atoms with Gasteiger partial charge in [0.05, 0.1) is 5.69 Å². The highest BCUT2D eigenvalue weighted by Gasteiger charge is 2.11. The normalized spacial score (nSPS) is 10.3. The van der Waals surface area contributed by atoms with Gasteiger partial charge in [-0.25, -0.2) is 0 Å². The molecule has 2 aromatic carbocycles. The zero-order valence-electron chi connectivity index (χ0n) is 10.6. The minimum atomic E-state index is -0.0993. The largest absolute Gasteiger partial charge is 0.321 e. The molecular formula is C15H13ClINO. The van der Waals surface area contributed by atoms with Gasteiger partial charge in [-0.1, -0.05) is 29.3 Å². The van der Waals surface area contributed by atoms with Gasteiger partial charge < -0.3 is 5.32 Å². The molecule has 0 bridgehead atoms. The molecule has 2 aromatic rings. The summed E-state index contributed by atoms with van der Waals surface area (Å²) < 4.78 is 0.920. The monoisotopic (exact) mass is 385 g/mol. The van der Waals surface area contributed by atoms with Gasteiger partial charge in [0, 0.05) is 14.2 Å². The maximum Gasteiger partial charge on any atom is 0.255 e. The van der Waals surface area contributed by atoms with Gasteiger partial charge in [0.2, 0.25) is 0 Å². The molecule has 0 atom stereocenters. The quantitative estimate of drug-likeness (QED) is 0.738. The lowest BCUT2D eigenvalue weighted by Crippen LogP contribution is -2.14. The first-order chi connectivity index (χ1) is 8.97. The second-order valence-electron chi connectivity index (χ2n) is 4.40. The number of rotatable bonds is 2. The van der Waals surface area contributed by atoms with Crippen LogP contribution in [0.5, 0.6) is 0 Å². The van der Waals surface area contributed by atoms with Gasteiger partial charge in [-0.05, 0) is 66.3 Å². The van der Waals surface area contributed by atoms with Crippen molar-refractivity contribution in [3.8, 4) is 0 Å². The Balaban J connectivity index is 2.25. The van der Waals surface area contributed by atoms with Crippen molar-refractivity contribution in [2.24, 2.45) is 0 Å². The Kier molecular flexibility index (Phi) is 4.47. The predicted octanol–water partition coefficient (Wildman–Crippen LogP) is 4.81. The topological polar surface area (TPSA) is 29.1 Å². The van der Waals surface area contributed by atoms with E-state index < -0.39 is 0 Å². The van der Waals surface area contributed by atoms with Crippen LogP contribution in [0.4, 0.5) is 5.69 Å². The lowest BCUT2D eigenvalue weighted by atomic mass is 10.1. The van der Waals surface area contributed by atoms with E-state index in [1.807, 2.05) is 44.2 Å². The van der Waals surface area contributed by atoms with Gasteiger partial charge in [-0.15, -0.1) is 0 Å². The number of amides is 1. The van der Waals surface area contributed by atoms with Gasteiger partial charge in [-0.2, -0.15) is 0 Å². The minimum Gasteiger partial charge on any atom is -0.321 e. The first-order valence-electron chi connectivity index (χ1n) is 5.81. The fraction of sp³-hybridized carbons (Fsp3) is 0.133. The molecule has 0 fully saturated rings. The maximum absolute atomic E-state index is 12.2. The third-order valence-corrected chi connectivity index (χ3v) is 3.93. The fourth-order valence-electron chi connectivity index (χ4n) is 1.85. The molecule has 4 heteroatoms. The van der Waals surface area contributed by atoms with Gasteiger partial charge >= 0.3 is 0 Å². The zero-order valence-corrected chi connectivity index (χ0v) is 13.5. The Morgan fingerprint density at radius 3 is 2.53 bits per heavy atom. The molecule has 0 heterocycles. The maximum atomic E-state index is 12.2. The van der Waals surface area contributed by atoms with E-state index in [-0.39, 0.29) is 5.91 Å². The molecular weight excluding hydrogens is 373 g/mol. The molecule has 0 aliphatic heterocycles. The van der Waals surface area contributed by atoms with Crippen LogP contribution in [-0.2, 0) is 0 Å². The second kappa shape index (κ2) is 5.92. The van der Waals surface area contributed by atoms with Crippen molar-refractivity contribution in [3.05, 3.63) is 61.7 Å². The van der Waals surface area contributed by atoms with Gasteiger partial charge in [0.15, 0.2) is 0 Å². The minimum absolute atomic E-state index is 0.0993. The molecule has 0 spiro atoms. The average molecular weight is 386 g/mol. The number of hydrogen-bond donors (Lipinski definition) is 1. The van der Waals surface area contributed by atoms with Crippen molar-refractivity contribution in [3.63, 3.8) is 0 Å².